The molecule has 3 nitrogen and oxygen atoms in total. The minimum atomic E-state index is -0.542. The second kappa shape index (κ2) is 5.00. The summed E-state index contributed by atoms with van der Waals surface area (Å²) in [6, 6.07) is 1.50. The van der Waals surface area contributed by atoms with Crippen LogP contribution in [0.3, 0.4) is 0 Å². The van der Waals surface area contributed by atoms with Crippen LogP contribution in [0.4, 0.5) is 4.39 Å². The van der Waals surface area contributed by atoms with Gasteiger partial charge >= 0.3 is 0 Å². The Morgan fingerprint density at radius 1 is 1.53 bits per heavy atom. The van der Waals surface area contributed by atoms with E-state index in [0.717, 1.165) is 31.5 Å². The number of halogens is 2. The normalized spacial score (nSPS) is 20.5. The number of hydrogen-bond donors (Lipinski definition) is 1. The summed E-state index contributed by atoms with van der Waals surface area (Å²) in [5, 5.41) is 9.83. The van der Waals surface area contributed by atoms with Gasteiger partial charge in [0.2, 0.25) is 0 Å². The zero-order chi connectivity index (χ0) is 12.5. The standard InChI is InChI=1S/C12H16BrFN2O/c1-12(17)2-4-16(5-3-12)8-9-6-10(14)11(13)15-7-9/h6-7,17H,2-5,8H2,1H3. The van der Waals surface area contributed by atoms with Crippen LogP contribution in [0.1, 0.15) is 25.3 Å². The first kappa shape index (κ1) is 12.9. The summed E-state index contributed by atoms with van der Waals surface area (Å²) in [7, 11) is 0. The van der Waals surface area contributed by atoms with Crippen LogP contribution < -0.4 is 0 Å². The fraction of sp³-hybridized carbons (Fsp3) is 0.583. The van der Waals surface area contributed by atoms with Gasteiger partial charge in [0.15, 0.2) is 5.82 Å². The summed E-state index contributed by atoms with van der Waals surface area (Å²) in [5.74, 6) is -0.327. The molecular weight excluding hydrogens is 287 g/mol. The van der Waals surface area contributed by atoms with Crippen LogP contribution >= 0.6 is 15.9 Å². The molecule has 0 aromatic carbocycles. The summed E-state index contributed by atoms with van der Waals surface area (Å²) in [5.41, 5.74) is 0.326. The molecule has 0 atom stereocenters. The second-order valence-electron chi connectivity index (χ2n) is 4.89. The van der Waals surface area contributed by atoms with Crippen LogP contribution in [-0.2, 0) is 6.54 Å². The molecule has 1 aliphatic heterocycles. The minimum absolute atomic E-state index is 0.253. The van der Waals surface area contributed by atoms with Gasteiger partial charge in [-0.25, -0.2) is 9.37 Å². The number of pyridine rings is 1. The third kappa shape index (κ3) is 3.47. The second-order valence-corrected chi connectivity index (χ2v) is 5.64. The van der Waals surface area contributed by atoms with Crippen LogP contribution in [0, 0.1) is 5.82 Å². The highest BCUT2D eigenvalue weighted by Crippen LogP contribution is 2.22. The molecule has 2 rings (SSSR count). The molecule has 0 radical (unpaired) electrons. The molecule has 2 heterocycles. The number of piperidine rings is 1. The number of hydrogen-bond acceptors (Lipinski definition) is 3. The summed E-state index contributed by atoms with van der Waals surface area (Å²) >= 11 is 3.04. The number of rotatable bonds is 2. The Hall–Kier alpha value is -0.520. The van der Waals surface area contributed by atoms with E-state index in [1.54, 1.807) is 6.20 Å². The Morgan fingerprint density at radius 3 is 2.76 bits per heavy atom. The van der Waals surface area contributed by atoms with Crippen molar-refractivity contribution in [3.63, 3.8) is 0 Å². The Morgan fingerprint density at radius 2 is 2.18 bits per heavy atom. The predicted octanol–water partition coefficient (Wildman–Crippen LogP) is 2.33. The molecule has 1 aromatic heterocycles. The lowest BCUT2D eigenvalue weighted by Crippen LogP contribution is -2.41. The summed E-state index contributed by atoms with van der Waals surface area (Å²) < 4.78 is 13.5. The van der Waals surface area contributed by atoms with E-state index >= 15 is 0 Å². The first-order valence-electron chi connectivity index (χ1n) is 5.71. The van der Waals surface area contributed by atoms with Crippen LogP contribution in [0.5, 0.6) is 0 Å². The van der Waals surface area contributed by atoms with Gasteiger partial charge < -0.3 is 5.11 Å². The summed E-state index contributed by atoms with van der Waals surface area (Å²) in [4.78, 5) is 6.15. The van der Waals surface area contributed by atoms with Gasteiger partial charge in [-0.3, -0.25) is 4.90 Å². The molecule has 0 amide bonds. The molecule has 0 spiro atoms. The van der Waals surface area contributed by atoms with E-state index in [4.69, 9.17) is 0 Å². The third-order valence-corrected chi connectivity index (χ3v) is 3.78. The molecule has 0 saturated carbocycles. The number of nitrogens with zero attached hydrogens (tertiary/aromatic N) is 2. The molecule has 1 aromatic rings. The van der Waals surface area contributed by atoms with Crippen molar-refractivity contribution in [3.05, 3.63) is 28.2 Å². The van der Waals surface area contributed by atoms with Crippen molar-refractivity contribution >= 4 is 15.9 Å². The molecule has 0 aliphatic carbocycles. The maximum atomic E-state index is 13.3. The highest BCUT2D eigenvalue weighted by atomic mass is 79.9. The zero-order valence-corrected chi connectivity index (χ0v) is 11.4. The third-order valence-electron chi connectivity index (χ3n) is 3.19. The number of likely N-dealkylation sites (tertiary alicyclic amines) is 1. The smallest absolute Gasteiger partial charge is 0.156 e. The van der Waals surface area contributed by atoms with Crippen LogP contribution in [0.15, 0.2) is 16.9 Å². The molecule has 0 unspecified atom stereocenters. The number of aromatic nitrogens is 1. The largest absolute Gasteiger partial charge is 0.390 e. The molecule has 5 heteroatoms. The molecule has 1 fully saturated rings. The van der Waals surface area contributed by atoms with E-state index in [0.29, 0.717) is 6.54 Å². The predicted molar refractivity (Wildman–Crippen MR) is 67.0 cm³/mol. The average molecular weight is 303 g/mol. The van der Waals surface area contributed by atoms with Crippen molar-refractivity contribution in [2.45, 2.75) is 31.9 Å². The molecular formula is C12H16BrFN2O. The Bertz CT molecular complexity index is 401. The fourth-order valence-electron chi connectivity index (χ4n) is 2.00. The van der Waals surface area contributed by atoms with E-state index in [1.807, 2.05) is 6.92 Å². The lowest BCUT2D eigenvalue weighted by molar-refractivity contribution is -0.00734. The maximum Gasteiger partial charge on any atom is 0.156 e. The number of aliphatic hydroxyl groups is 1. The summed E-state index contributed by atoms with van der Waals surface area (Å²) in [6.45, 7) is 4.23. The molecule has 1 saturated heterocycles. The molecule has 0 bridgehead atoms. The van der Waals surface area contributed by atoms with Crippen molar-refractivity contribution < 1.29 is 9.50 Å². The first-order chi connectivity index (χ1) is 7.96. The Kier molecular flexibility index (Phi) is 3.80. The highest BCUT2D eigenvalue weighted by Gasteiger charge is 2.27. The first-order valence-corrected chi connectivity index (χ1v) is 6.50. The fourth-order valence-corrected chi connectivity index (χ4v) is 2.22. The van der Waals surface area contributed by atoms with E-state index < -0.39 is 5.60 Å². The van der Waals surface area contributed by atoms with Crippen molar-refractivity contribution in [3.8, 4) is 0 Å². The van der Waals surface area contributed by atoms with Gasteiger partial charge in [0.25, 0.3) is 0 Å². The van der Waals surface area contributed by atoms with Crippen molar-refractivity contribution in [1.29, 1.82) is 0 Å². The van der Waals surface area contributed by atoms with Gasteiger partial charge in [0.05, 0.1) is 5.60 Å². The van der Waals surface area contributed by atoms with Crippen molar-refractivity contribution in [2.75, 3.05) is 13.1 Å². The Labute approximate surface area is 109 Å². The highest BCUT2D eigenvalue weighted by molar-refractivity contribution is 9.10. The molecule has 1 N–H and O–H groups in total. The van der Waals surface area contributed by atoms with Gasteiger partial charge in [-0.05, 0) is 47.3 Å². The van der Waals surface area contributed by atoms with Gasteiger partial charge in [0, 0.05) is 25.8 Å². The van der Waals surface area contributed by atoms with Gasteiger partial charge in [-0.15, -0.1) is 0 Å². The Balaban J connectivity index is 1.95. The quantitative estimate of drug-likeness (QED) is 0.852. The summed E-state index contributed by atoms with van der Waals surface area (Å²) in [6.07, 6.45) is 3.21. The van der Waals surface area contributed by atoms with E-state index in [1.165, 1.54) is 6.07 Å². The lowest BCUT2D eigenvalue weighted by Gasteiger charge is -2.35. The van der Waals surface area contributed by atoms with Gasteiger partial charge in [-0.2, -0.15) is 0 Å². The lowest BCUT2D eigenvalue weighted by atomic mass is 9.94. The molecule has 1 aliphatic rings. The van der Waals surface area contributed by atoms with Crippen LogP contribution in [0.2, 0.25) is 0 Å². The topological polar surface area (TPSA) is 36.4 Å². The van der Waals surface area contributed by atoms with E-state index in [2.05, 4.69) is 25.8 Å². The molecule has 94 valence electrons. The van der Waals surface area contributed by atoms with Crippen LogP contribution in [0.25, 0.3) is 0 Å². The monoisotopic (exact) mass is 302 g/mol. The zero-order valence-electron chi connectivity index (χ0n) is 9.79. The van der Waals surface area contributed by atoms with Gasteiger partial charge in [0.1, 0.15) is 4.60 Å². The van der Waals surface area contributed by atoms with Gasteiger partial charge in [-0.1, -0.05) is 0 Å². The molecule has 17 heavy (non-hydrogen) atoms. The van der Waals surface area contributed by atoms with E-state index in [-0.39, 0.29) is 10.4 Å². The average Bonchev–Trinajstić information content (AvgIpc) is 2.27. The van der Waals surface area contributed by atoms with Crippen molar-refractivity contribution in [1.82, 2.24) is 9.88 Å². The van der Waals surface area contributed by atoms with E-state index in [9.17, 15) is 9.50 Å². The van der Waals surface area contributed by atoms with Crippen LogP contribution in [-0.4, -0.2) is 33.7 Å². The van der Waals surface area contributed by atoms with Crippen molar-refractivity contribution in [2.24, 2.45) is 0 Å². The maximum absolute atomic E-state index is 13.3. The minimum Gasteiger partial charge on any atom is -0.390 e. The SMILES string of the molecule is CC1(O)CCN(Cc2cnc(Br)c(F)c2)CC1.